The second kappa shape index (κ2) is 4.60. The van der Waals surface area contributed by atoms with Gasteiger partial charge in [0.1, 0.15) is 5.82 Å². The molecule has 2 aromatic rings. The zero-order valence-corrected chi connectivity index (χ0v) is 9.97. The molecule has 18 heavy (non-hydrogen) atoms. The predicted octanol–water partition coefficient (Wildman–Crippen LogP) is 0.956. The fourth-order valence-corrected chi connectivity index (χ4v) is 2.10. The number of rotatable bonds is 1. The van der Waals surface area contributed by atoms with Gasteiger partial charge in [0.05, 0.1) is 23.8 Å². The quantitative estimate of drug-likeness (QED) is 0.809. The van der Waals surface area contributed by atoms with Crippen LogP contribution in [0.5, 0.6) is 0 Å². The number of carbonyl (C=O) groups is 1. The lowest BCUT2D eigenvalue weighted by atomic mass is 10.3. The van der Waals surface area contributed by atoms with Crippen LogP contribution in [0.15, 0.2) is 30.5 Å². The van der Waals surface area contributed by atoms with Crippen molar-refractivity contribution in [1.82, 2.24) is 15.3 Å². The van der Waals surface area contributed by atoms with Crippen LogP contribution >= 0.6 is 0 Å². The molecule has 1 aromatic heterocycles. The zero-order valence-electron chi connectivity index (χ0n) is 9.97. The summed E-state index contributed by atoms with van der Waals surface area (Å²) in [4.78, 5) is 22.4. The number of fused-ring (bicyclic) bond motifs is 1. The maximum atomic E-state index is 11.5. The van der Waals surface area contributed by atoms with Crippen molar-refractivity contribution in [3.8, 4) is 0 Å². The van der Waals surface area contributed by atoms with Crippen molar-refractivity contribution in [2.45, 2.75) is 6.42 Å². The van der Waals surface area contributed by atoms with Gasteiger partial charge in [0.15, 0.2) is 0 Å². The third-order valence-electron chi connectivity index (χ3n) is 3.02. The lowest BCUT2D eigenvalue weighted by molar-refractivity contribution is -0.119. The van der Waals surface area contributed by atoms with Gasteiger partial charge in [-0.3, -0.25) is 9.78 Å². The van der Waals surface area contributed by atoms with Gasteiger partial charge < -0.3 is 10.2 Å². The van der Waals surface area contributed by atoms with E-state index < -0.39 is 0 Å². The molecule has 0 radical (unpaired) electrons. The number of nitrogens with zero attached hydrogens (tertiary/aromatic N) is 3. The Balaban J connectivity index is 1.95. The SMILES string of the molecule is O=C1CN(c2cnc3ccccc3n2)CCCN1. The topological polar surface area (TPSA) is 58.1 Å². The highest BCUT2D eigenvalue weighted by atomic mass is 16.2. The molecule has 0 aliphatic carbocycles. The van der Waals surface area contributed by atoms with E-state index in [0.29, 0.717) is 6.54 Å². The zero-order chi connectivity index (χ0) is 12.4. The summed E-state index contributed by atoms with van der Waals surface area (Å²) in [6, 6.07) is 7.75. The number of para-hydroxylation sites is 2. The predicted molar refractivity (Wildman–Crippen MR) is 69.4 cm³/mol. The Morgan fingerprint density at radius 1 is 1.22 bits per heavy atom. The van der Waals surface area contributed by atoms with Gasteiger partial charge in [-0.2, -0.15) is 0 Å². The molecule has 3 rings (SSSR count). The fraction of sp³-hybridized carbons (Fsp3) is 0.308. The average molecular weight is 242 g/mol. The maximum absolute atomic E-state index is 11.5. The standard InChI is InChI=1S/C13H14N4O/c18-13-9-17(7-3-6-14-13)12-8-15-10-4-1-2-5-11(10)16-12/h1-2,4-5,8H,3,6-7,9H2,(H,14,18). The fourth-order valence-electron chi connectivity index (χ4n) is 2.10. The van der Waals surface area contributed by atoms with Gasteiger partial charge in [-0.1, -0.05) is 12.1 Å². The minimum atomic E-state index is 0.0439. The first kappa shape index (κ1) is 11.0. The van der Waals surface area contributed by atoms with Crippen LogP contribution in [0.25, 0.3) is 11.0 Å². The summed E-state index contributed by atoms with van der Waals surface area (Å²) in [5.41, 5.74) is 1.74. The lowest BCUT2D eigenvalue weighted by Crippen LogP contribution is -2.33. The van der Waals surface area contributed by atoms with E-state index >= 15 is 0 Å². The number of amides is 1. The number of aromatic nitrogens is 2. The largest absolute Gasteiger partial charge is 0.354 e. The van der Waals surface area contributed by atoms with E-state index in [1.807, 2.05) is 29.2 Å². The molecule has 0 bridgehead atoms. The number of benzene rings is 1. The van der Waals surface area contributed by atoms with Crippen LogP contribution in [-0.2, 0) is 4.79 Å². The van der Waals surface area contributed by atoms with Crippen LogP contribution in [-0.4, -0.2) is 35.5 Å². The molecule has 1 N–H and O–H groups in total. The average Bonchev–Trinajstić information content (AvgIpc) is 2.63. The van der Waals surface area contributed by atoms with E-state index in [-0.39, 0.29) is 5.91 Å². The normalized spacial score (nSPS) is 16.4. The summed E-state index contributed by atoms with van der Waals surface area (Å²) in [6.07, 6.45) is 2.67. The van der Waals surface area contributed by atoms with Crippen molar-refractivity contribution in [3.05, 3.63) is 30.5 Å². The van der Waals surface area contributed by atoms with Crippen molar-refractivity contribution in [2.24, 2.45) is 0 Å². The Bertz CT molecular complexity index is 584. The highest BCUT2D eigenvalue weighted by Crippen LogP contribution is 2.15. The molecule has 1 aliphatic rings. The summed E-state index contributed by atoms with van der Waals surface area (Å²) in [5, 5.41) is 2.85. The van der Waals surface area contributed by atoms with Crippen LogP contribution in [0.4, 0.5) is 5.82 Å². The second-order valence-corrected chi connectivity index (χ2v) is 4.34. The Kier molecular flexibility index (Phi) is 2.80. The Morgan fingerprint density at radius 2 is 2.06 bits per heavy atom. The van der Waals surface area contributed by atoms with Gasteiger partial charge in [0.25, 0.3) is 0 Å². The highest BCUT2D eigenvalue weighted by molar-refractivity contribution is 5.82. The van der Waals surface area contributed by atoms with Crippen LogP contribution in [0, 0.1) is 0 Å². The summed E-state index contributed by atoms with van der Waals surface area (Å²) in [5.74, 6) is 0.813. The number of anilines is 1. The Morgan fingerprint density at radius 3 is 2.94 bits per heavy atom. The first-order chi connectivity index (χ1) is 8.83. The second-order valence-electron chi connectivity index (χ2n) is 4.34. The van der Waals surface area contributed by atoms with E-state index in [2.05, 4.69) is 15.3 Å². The van der Waals surface area contributed by atoms with Crippen LogP contribution < -0.4 is 10.2 Å². The molecule has 1 aromatic carbocycles. The minimum absolute atomic E-state index is 0.0439. The molecule has 92 valence electrons. The molecule has 0 atom stereocenters. The smallest absolute Gasteiger partial charge is 0.239 e. The molecule has 1 saturated heterocycles. The van der Waals surface area contributed by atoms with Crippen molar-refractivity contribution < 1.29 is 4.79 Å². The maximum Gasteiger partial charge on any atom is 0.239 e. The van der Waals surface area contributed by atoms with Crippen molar-refractivity contribution in [1.29, 1.82) is 0 Å². The van der Waals surface area contributed by atoms with Gasteiger partial charge >= 0.3 is 0 Å². The molecular formula is C13H14N4O. The number of hydrogen-bond acceptors (Lipinski definition) is 4. The monoisotopic (exact) mass is 242 g/mol. The molecule has 1 fully saturated rings. The first-order valence-corrected chi connectivity index (χ1v) is 6.06. The molecule has 0 spiro atoms. The number of hydrogen-bond donors (Lipinski definition) is 1. The van der Waals surface area contributed by atoms with Gasteiger partial charge in [-0.25, -0.2) is 4.98 Å². The van der Waals surface area contributed by atoms with E-state index in [0.717, 1.165) is 36.4 Å². The van der Waals surface area contributed by atoms with Crippen molar-refractivity contribution in [2.75, 3.05) is 24.5 Å². The van der Waals surface area contributed by atoms with Gasteiger partial charge in [-0.05, 0) is 18.6 Å². The first-order valence-electron chi connectivity index (χ1n) is 6.06. The van der Waals surface area contributed by atoms with Crippen molar-refractivity contribution >= 4 is 22.8 Å². The lowest BCUT2D eigenvalue weighted by Gasteiger charge is -2.19. The van der Waals surface area contributed by atoms with Crippen LogP contribution in [0.3, 0.4) is 0 Å². The third-order valence-corrected chi connectivity index (χ3v) is 3.02. The van der Waals surface area contributed by atoms with Gasteiger partial charge in [0, 0.05) is 13.1 Å². The molecule has 2 heterocycles. The summed E-state index contributed by atoms with van der Waals surface area (Å²) in [6.45, 7) is 1.91. The minimum Gasteiger partial charge on any atom is -0.354 e. The summed E-state index contributed by atoms with van der Waals surface area (Å²) >= 11 is 0. The third kappa shape index (κ3) is 2.11. The Hall–Kier alpha value is -2.17. The molecule has 5 heteroatoms. The van der Waals surface area contributed by atoms with Crippen LogP contribution in [0.2, 0.25) is 0 Å². The summed E-state index contributed by atoms with van der Waals surface area (Å²) < 4.78 is 0. The molecular weight excluding hydrogens is 228 g/mol. The van der Waals surface area contributed by atoms with Gasteiger partial charge in [0.2, 0.25) is 5.91 Å². The van der Waals surface area contributed by atoms with E-state index in [1.165, 1.54) is 0 Å². The molecule has 0 unspecified atom stereocenters. The molecule has 0 saturated carbocycles. The molecule has 1 aliphatic heterocycles. The van der Waals surface area contributed by atoms with E-state index in [4.69, 9.17) is 0 Å². The van der Waals surface area contributed by atoms with Crippen molar-refractivity contribution in [3.63, 3.8) is 0 Å². The van der Waals surface area contributed by atoms with E-state index in [9.17, 15) is 4.79 Å². The molecule has 5 nitrogen and oxygen atoms in total. The highest BCUT2D eigenvalue weighted by Gasteiger charge is 2.16. The number of carbonyl (C=O) groups excluding carboxylic acids is 1. The summed E-state index contributed by atoms with van der Waals surface area (Å²) in [7, 11) is 0. The Labute approximate surface area is 105 Å². The molecule has 1 amide bonds. The number of nitrogens with one attached hydrogen (secondary N) is 1. The van der Waals surface area contributed by atoms with E-state index in [1.54, 1.807) is 6.20 Å². The van der Waals surface area contributed by atoms with Crippen LogP contribution in [0.1, 0.15) is 6.42 Å². The van der Waals surface area contributed by atoms with Gasteiger partial charge in [-0.15, -0.1) is 0 Å².